The van der Waals surface area contributed by atoms with Crippen molar-refractivity contribution in [2.45, 2.75) is 52.0 Å². The lowest BCUT2D eigenvalue weighted by atomic mass is 9.96. The van der Waals surface area contributed by atoms with Gasteiger partial charge in [-0.25, -0.2) is 4.79 Å². The molecule has 0 radical (unpaired) electrons. The van der Waals surface area contributed by atoms with E-state index in [4.69, 9.17) is 0 Å². The highest BCUT2D eigenvalue weighted by atomic mass is 16.2. The van der Waals surface area contributed by atoms with Crippen LogP contribution in [0.15, 0.2) is 0 Å². The Labute approximate surface area is 105 Å². The lowest BCUT2D eigenvalue weighted by molar-refractivity contribution is 0.229. The molecule has 0 aromatic carbocycles. The normalized spacial score (nSPS) is 17.1. The van der Waals surface area contributed by atoms with E-state index in [0.29, 0.717) is 6.04 Å². The van der Waals surface area contributed by atoms with Crippen LogP contribution in [0.1, 0.15) is 46.0 Å². The first-order chi connectivity index (χ1) is 8.26. The van der Waals surface area contributed by atoms with Gasteiger partial charge >= 0.3 is 6.03 Å². The summed E-state index contributed by atoms with van der Waals surface area (Å²) in [5.74, 6) is 0. The van der Waals surface area contributed by atoms with Crippen molar-refractivity contribution >= 4 is 6.03 Å². The first-order valence-electron chi connectivity index (χ1n) is 7.03. The van der Waals surface area contributed by atoms with E-state index in [0.717, 1.165) is 39.0 Å². The minimum absolute atomic E-state index is 0.00376. The van der Waals surface area contributed by atoms with Gasteiger partial charge in [0.15, 0.2) is 0 Å². The highest BCUT2D eigenvalue weighted by molar-refractivity contribution is 5.74. The summed E-state index contributed by atoms with van der Waals surface area (Å²) in [4.78, 5) is 13.9. The van der Waals surface area contributed by atoms with Gasteiger partial charge in [-0.15, -0.1) is 0 Å². The van der Waals surface area contributed by atoms with Crippen molar-refractivity contribution in [3.8, 4) is 0 Å². The number of urea groups is 1. The lowest BCUT2D eigenvalue weighted by Gasteiger charge is -2.23. The quantitative estimate of drug-likeness (QED) is 0.746. The molecular weight excluding hydrogens is 214 g/mol. The molecule has 0 heterocycles. The van der Waals surface area contributed by atoms with Gasteiger partial charge in [-0.2, -0.15) is 0 Å². The molecule has 0 aliphatic heterocycles. The van der Waals surface area contributed by atoms with Crippen LogP contribution in [0.5, 0.6) is 0 Å². The first-order valence-corrected chi connectivity index (χ1v) is 7.03. The van der Waals surface area contributed by atoms with E-state index < -0.39 is 0 Å². The Bertz CT molecular complexity index is 211. The number of hydrogen-bond acceptors (Lipinski definition) is 2. The van der Waals surface area contributed by atoms with Crippen LogP contribution in [0.4, 0.5) is 4.79 Å². The van der Waals surface area contributed by atoms with Crippen molar-refractivity contribution in [2.24, 2.45) is 0 Å². The zero-order chi connectivity index (χ0) is 12.5. The Morgan fingerprint density at radius 1 is 1.18 bits per heavy atom. The molecule has 2 amide bonds. The lowest BCUT2D eigenvalue weighted by Crippen LogP contribution is -2.45. The van der Waals surface area contributed by atoms with Gasteiger partial charge < -0.3 is 15.5 Å². The zero-order valence-electron chi connectivity index (χ0n) is 11.3. The van der Waals surface area contributed by atoms with E-state index in [9.17, 15) is 4.79 Å². The van der Waals surface area contributed by atoms with Crippen LogP contribution in [-0.2, 0) is 0 Å². The number of carbonyl (C=O) groups is 1. The molecule has 0 saturated heterocycles. The molecule has 1 saturated carbocycles. The third-order valence-corrected chi connectivity index (χ3v) is 3.55. The number of carbonyl (C=O) groups excluding carboxylic acids is 1. The second-order valence-corrected chi connectivity index (χ2v) is 4.76. The fraction of sp³-hybridized carbons (Fsp3) is 0.923. The average molecular weight is 241 g/mol. The molecule has 0 unspecified atom stereocenters. The third-order valence-electron chi connectivity index (χ3n) is 3.55. The predicted octanol–water partition coefficient (Wildman–Crippen LogP) is 1.96. The maximum Gasteiger partial charge on any atom is 0.315 e. The minimum atomic E-state index is 0.00376. The summed E-state index contributed by atoms with van der Waals surface area (Å²) >= 11 is 0. The van der Waals surface area contributed by atoms with E-state index in [-0.39, 0.29) is 6.03 Å². The van der Waals surface area contributed by atoms with Gasteiger partial charge in [-0.05, 0) is 25.9 Å². The highest BCUT2D eigenvalue weighted by Crippen LogP contribution is 2.16. The van der Waals surface area contributed by atoms with Gasteiger partial charge in [0.1, 0.15) is 0 Å². The summed E-state index contributed by atoms with van der Waals surface area (Å²) in [5.41, 5.74) is 0. The maximum atomic E-state index is 11.6. The van der Waals surface area contributed by atoms with Crippen LogP contribution >= 0.6 is 0 Å². The summed E-state index contributed by atoms with van der Waals surface area (Å²) in [6.45, 7) is 8.05. The number of likely N-dealkylation sites (N-methyl/N-ethyl adjacent to an activating group) is 1. The van der Waals surface area contributed by atoms with E-state index in [1.165, 1.54) is 19.3 Å². The van der Waals surface area contributed by atoms with Crippen molar-refractivity contribution in [1.82, 2.24) is 15.5 Å². The zero-order valence-corrected chi connectivity index (χ0v) is 11.3. The molecule has 0 bridgehead atoms. The van der Waals surface area contributed by atoms with Crippen LogP contribution in [0, 0.1) is 0 Å². The molecule has 1 rings (SSSR count). The molecule has 2 N–H and O–H groups in total. The van der Waals surface area contributed by atoms with E-state index >= 15 is 0 Å². The van der Waals surface area contributed by atoms with Crippen molar-refractivity contribution in [1.29, 1.82) is 0 Å². The van der Waals surface area contributed by atoms with Crippen LogP contribution in [0.25, 0.3) is 0 Å². The van der Waals surface area contributed by atoms with Gasteiger partial charge in [0.25, 0.3) is 0 Å². The smallest absolute Gasteiger partial charge is 0.315 e. The Morgan fingerprint density at radius 2 is 1.82 bits per heavy atom. The molecule has 100 valence electrons. The highest BCUT2D eigenvalue weighted by Gasteiger charge is 2.15. The maximum absolute atomic E-state index is 11.6. The number of nitrogens with zero attached hydrogens (tertiary/aromatic N) is 1. The summed E-state index contributed by atoms with van der Waals surface area (Å²) in [6.07, 6.45) is 6.11. The van der Waals surface area contributed by atoms with Gasteiger partial charge in [0, 0.05) is 19.1 Å². The number of nitrogens with one attached hydrogen (secondary N) is 2. The third kappa shape index (κ3) is 5.91. The number of hydrogen-bond donors (Lipinski definition) is 2. The van der Waals surface area contributed by atoms with Gasteiger partial charge in [-0.3, -0.25) is 0 Å². The van der Waals surface area contributed by atoms with Crippen LogP contribution in [0.2, 0.25) is 0 Å². The van der Waals surface area contributed by atoms with Crippen molar-refractivity contribution < 1.29 is 4.79 Å². The van der Waals surface area contributed by atoms with Crippen molar-refractivity contribution in [3.05, 3.63) is 0 Å². The Kier molecular flexibility index (Phi) is 7.01. The van der Waals surface area contributed by atoms with Gasteiger partial charge in [0.05, 0.1) is 0 Å². The molecule has 1 aliphatic carbocycles. The Balaban J connectivity index is 2.07. The first kappa shape index (κ1) is 14.3. The fourth-order valence-electron chi connectivity index (χ4n) is 2.35. The number of rotatable bonds is 6. The van der Waals surface area contributed by atoms with E-state index in [1.54, 1.807) is 0 Å². The minimum Gasteiger partial charge on any atom is -0.337 e. The molecule has 1 fully saturated rings. The Morgan fingerprint density at radius 3 is 2.41 bits per heavy atom. The monoisotopic (exact) mass is 241 g/mol. The molecule has 0 spiro atoms. The summed E-state index contributed by atoms with van der Waals surface area (Å²) < 4.78 is 0. The SMILES string of the molecule is CCN(CC)CCNC(=O)NC1CCCCC1. The second kappa shape index (κ2) is 8.34. The molecule has 1 aliphatic rings. The molecule has 0 atom stereocenters. The average Bonchev–Trinajstić information content (AvgIpc) is 2.36. The second-order valence-electron chi connectivity index (χ2n) is 4.76. The fourth-order valence-corrected chi connectivity index (χ4v) is 2.35. The van der Waals surface area contributed by atoms with Crippen molar-refractivity contribution in [2.75, 3.05) is 26.2 Å². The topological polar surface area (TPSA) is 44.4 Å². The summed E-state index contributed by atoms with van der Waals surface area (Å²) in [6, 6.07) is 0.404. The summed E-state index contributed by atoms with van der Waals surface area (Å²) in [7, 11) is 0. The van der Waals surface area contributed by atoms with Crippen LogP contribution in [-0.4, -0.2) is 43.2 Å². The van der Waals surface area contributed by atoms with Crippen LogP contribution < -0.4 is 10.6 Å². The molecule has 17 heavy (non-hydrogen) atoms. The molecule has 4 nitrogen and oxygen atoms in total. The molecule has 4 heteroatoms. The largest absolute Gasteiger partial charge is 0.337 e. The van der Waals surface area contributed by atoms with Gasteiger partial charge in [-0.1, -0.05) is 33.1 Å². The van der Waals surface area contributed by atoms with Crippen molar-refractivity contribution in [3.63, 3.8) is 0 Å². The van der Waals surface area contributed by atoms with Crippen LogP contribution in [0.3, 0.4) is 0 Å². The predicted molar refractivity (Wildman–Crippen MR) is 71.2 cm³/mol. The number of amides is 2. The molecular formula is C13H27N3O. The van der Waals surface area contributed by atoms with Gasteiger partial charge in [0.2, 0.25) is 0 Å². The standard InChI is InChI=1S/C13H27N3O/c1-3-16(4-2)11-10-14-13(17)15-12-8-6-5-7-9-12/h12H,3-11H2,1-2H3,(H2,14,15,17). The summed E-state index contributed by atoms with van der Waals surface area (Å²) in [5, 5.41) is 6.00. The molecule has 0 aromatic rings. The van der Waals surface area contributed by atoms with E-state index in [1.807, 2.05) is 0 Å². The van der Waals surface area contributed by atoms with E-state index in [2.05, 4.69) is 29.4 Å². The Hall–Kier alpha value is -0.770. The molecule has 0 aromatic heterocycles.